The maximum atomic E-state index is 13.7. The maximum Gasteiger partial charge on any atom is 0.237 e. The first-order valence-corrected chi connectivity index (χ1v) is 15.5. The lowest BCUT2D eigenvalue weighted by Gasteiger charge is -2.29. The number of nitrogens with zero attached hydrogens (tertiary/aromatic N) is 11. The molecule has 1 aromatic carbocycles. The van der Waals surface area contributed by atoms with Crippen LogP contribution in [0.15, 0.2) is 55.0 Å². The van der Waals surface area contributed by atoms with Crippen LogP contribution in [0.3, 0.4) is 0 Å². The van der Waals surface area contributed by atoms with E-state index in [-0.39, 0.29) is 17.7 Å². The molecule has 14 heteroatoms. The minimum absolute atomic E-state index is 0.0178. The predicted molar refractivity (Wildman–Crippen MR) is 172 cm³/mol. The zero-order valence-electron chi connectivity index (χ0n) is 26.2. The van der Waals surface area contributed by atoms with Crippen molar-refractivity contribution in [3.8, 4) is 22.8 Å². The van der Waals surface area contributed by atoms with Crippen LogP contribution in [0.2, 0.25) is 0 Å². The van der Waals surface area contributed by atoms with Crippen LogP contribution in [0.1, 0.15) is 25.3 Å². The monoisotopic (exact) mass is 620 g/mol. The number of aromatic nitrogens is 9. The summed E-state index contributed by atoms with van der Waals surface area (Å²) < 4.78 is 1.69. The third-order valence-corrected chi connectivity index (χ3v) is 8.75. The Bertz CT molecular complexity index is 1920. The van der Waals surface area contributed by atoms with Gasteiger partial charge in [0.2, 0.25) is 11.8 Å². The lowest BCUT2D eigenvalue weighted by atomic mass is 9.98. The van der Waals surface area contributed by atoms with Crippen LogP contribution in [0, 0.1) is 5.92 Å². The fraction of sp³-hybridized carbons (Fsp3) is 0.375. The lowest BCUT2D eigenvalue weighted by molar-refractivity contribution is -0.132. The van der Waals surface area contributed by atoms with Crippen LogP contribution < -0.4 is 4.90 Å². The van der Waals surface area contributed by atoms with Gasteiger partial charge in [-0.25, -0.2) is 9.97 Å². The standard InChI is InChI=1S/C32H36N12O2/c1-4-44(27-10-9-25-29(35-27)30(37-36-25)26-17-34-41(3)38-26)32(46)24-11-14-42(18-24)19-28(45)43-15-12-22(13-16-43)21-5-7-23(8-6-21)31-33-20-40(2)39-31/h5-10,12,17,20,24H,4,11,13-16,18-19H2,1-3H3,(H,36,37)/t24-/m1/s1. The van der Waals surface area contributed by atoms with E-state index >= 15 is 0 Å². The maximum absolute atomic E-state index is 13.7. The highest BCUT2D eigenvalue weighted by atomic mass is 16.2. The third kappa shape index (κ3) is 5.78. The lowest BCUT2D eigenvalue weighted by Crippen LogP contribution is -2.42. The normalized spacial score (nSPS) is 17.1. The van der Waals surface area contributed by atoms with E-state index < -0.39 is 0 Å². The zero-order chi connectivity index (χ0) is 31.8. The molecule has 1 fully saturated rings. The molecule has 2 amide bonds. The number of aryl methyl sites for hydroxylation is 2. The Kier molecular flexibility index (Phi) is 7.86. The number of likely N-dealkylation sites (tertiary alicyclic amines) is 1. The number of pyridine rings is 1. The number of carbonyl (C=O) groups is 2. The molecule has 0 aliphatic carbocycles. The minimum atomic E-state index is -0.203. The van der Waals surface area contributed by atoms with Gasteiger partial charge in [-0.2, -0.15) is 25.2 Å². The average Bonchev–Trinajstić information content (AvgIpc) is 3.89. The summed E-state index contributed by atoms with van der Waals surface area (Å²) in [5.41, 5.74) is 5.97. The van der Waals surface area contributed by atoms with E-state index in [1.807, 2.05) is 43.1 Å². The van der Waals surface area contributed by atoms with E-state index in [2.05, 4.69) is 53.6 Å². The first-order valence-electron chi connectivity index (χ1n) is 15.5. The molecule has 1 N–H and O–H groups in total. The first kappa shape index (κ1) is 29.5. The third-order valence-electron chi connectivity index (χ3n) is 8.75. The van der Waals surface area contributed by atoms with E-state index in [4.69, 9.17) is 4.98 Å². The molecule has 6 heterocycles. The fourth-order valence-corrected chi connectivity index (χ4v) is 6.25. The molecule has 5 aromatic rings. The van der Waals surface area contributed by atoms with E-state index in [9.17, 15) is 9.59 Å². The summed E-state index contributed by atoms with van der Waals surface area (Å²) in [4.78, 5) is 43.3. The van der Waals surface area contributed by atoms with Gasteiger partial charge in [-0.15, -0.1) is 0 Å². The van der Waals surface area contributed by atoms with Gasteiger partial charge >= 0.3 is 0 Å². The quantitative estimate of drug-likeness (QED) is 0.276. The van der Waals surface area contributed by atoms with Crippen molar-refractivity contribution < 1.29 is 9.59 Å². The second-order valence-electron chi connectivity index (χ2n) is 11.8. The molecule has 46 heavy (non-hydrogen) atoms. The van der Waals surface area contributed by atoms with Gasteiger partial charge in [-0.3, -0.25) is 29.2 Å². The Morgan fingerprint density at radius 3 is 2.57 bits per heavy atom. The molecule has 0 saturated carbocycles. The largest absolute Gasteiger partial charge is 0.338 e. The van der Waals surface area contributed by atoms with Gasteiger partial charge in [0, 0.05) is 45.8 Å². The molecule has 14 nitrogen and oxygen atoms in total. The topological polar surface area (TPSA) is 147 Å². The van der Waals surface area contributed by atoms with Gasteiger partial charge in [-0.05, 0) is 49.6 Å². The molecule has 0 unspecified atom stereocenters. The van der Waals surface area contributed by atoms with Crippen LogP contribution in [0.25, 0.3) is 39.4 Å². The number of fused-ring (bicyclic) bond motifs is 1. The van der Waals surface area contributed by atoms with Gasteiger partial charge in [0.15, 0.2) is 5.82 Å². The molecule has 2 aliphatic rings. The van der Waals surface area contributed by atoms with Crippen LogP contribution >= 0.6 is 0 Å². The number of hydrogen-bond donors (Lipinski definition) is 1. The Balaban J connectivity index is 0.952. The van der Waals surface area contributed by atoms with Gasteiger partial charge in [0.25, 0.3) is 0 Å². The number of carbonyl (C=O) groups excluding carboxylic acids is 2. The number of H-pyrrole nitrogens is 1. The molecule has 0 spiro atoms. The van der Waals surface area contributed by atoms with Crippen LogP contribution in [0.5, 0.6) is 0 Å². The molecule has 4 aromatic heterocycles. The van der Waals surface area contributed by atoms with Crippen LogP contribution in [-0.2, 0) is 23.7 Å². The molecular formula is C32H36N12O2. The number of nitrogens with one attached hydrogen (secondary N) is 1. The summed E-state index contributed by atoms with van der Waals surface area (Å²) in [6.45, 7) is 5.25. The fourth-order valence-electron chi connectivity index (χ4n) is 6.25. The Labute approximate surface area is 265 Å². The van der Waals surface area contributed by atoms with Crippen molar-refractivity contribution >= 4 is 34.2 Å². The van der Waals surface area contributed by atoms with Gasteiger partial charge in [0.05, 0.1) is 24.2 Å². The molecule has 7 rings (SSSR count). The highest BCUT2D eigenvalue weighted by Gasteiger charge is 2.34. The Hall–Kier alpha value is -5.24. The van der Waals surface area contributed by atoms with Gasteiger partial charge < -0.3 is 4.90 Å². The number of aromatic amines is 1. The molecule has 0 bridgehead atoms. The highest BCUT2D eigenvalue weighted by Crippen LogP contribution is 2.28. The average molecular weight is 621 g/mol. The van der Waals surface area contributed by atoms with Crippen molar-refractivity contribution in [3.63, 3.8) is 0 Å². The van der Waals surface area contributed by atoms with Crippen molar-refractivity contribution in [1.82, 2.24) is 54.7 Å². The second-order valence-corrected chi connectivity index (χ2v) is 11.8. The molecule has 236 valence electrons. The Morgan fingerprint density at radius 2 is 1.87 bits per heavy atom. The van der Waals surface area contributed by atoms with E-state index in [1.165, 1.54) is 10.4 Å². The molecule has 1 atom stereocenters. The first-order chi connectivity index (χ1) is 22.4. The minimum Gasteiger partial charge on any atom is -0.338 e. The van der Waals surface area contributed by atoms with Gasteiger partial charge in [0.1, 0.15) is 29.0 Å². The number of anilines is 1. The summed E-state index contributed by atoms with van der Waals surface area (Å²) in [6, 6.07) is 12.0. The van der Waals surface area contributed by atoms with Gasteiger partial charge in [-0.1, -0.05) is 30.3 Å². The Morgan fingerprint density at radius 1 is 1.04 bits per heavy atom. The summed E-state index contributed by atoms with van der Waals surface area (Å²) >= 11 is 0. The van der Waals surface area contributed by atoms with E-state index in [0.29, 0.717) is 74.2 Å². The van der Waals surface area contributed by atoms with E-state index in [0.717, 1.165) is 23.1 Å². The van der Waals surface area contributed by atoms with Crippen LogP contribution in [0.4, 0.5) is 5.82 Å². The molecule has 0 radical (unpaired) electrons. The second kappa shape index (κ2) is 12.3. The molecule has 2 aliphatic heterocycles. The highest BCUT2D eigenvalue weighted by molar-refractivity contribution is 5.97. The number of amides is 2. The molecule has 1 saturated heterocycles. The smallest absolute Gasteiger partial charge is 0.237 e. The van der Waals surface area contributed by atoms with Crippen molar-refractivity contribution in [1.29, 1.82) is 0 Å². The number of rotatable bonds is 8. The zero-order valence-corrected chi connectivity index (χ0v) is 26.2. The van der Waals surface area contributed by atoms with E-state index in [1.54, 1.807) is 29.2 Å². The molecular weight excluding hydrogens is 584 g/mol. The van der Waals surface area contributed by atoms with Crippen molar-refractivity contribution in [2.45, 2.75) is 19.8 Å². The number of hydrogen-bond acceptors (Lipinski definition) is 9. The SMILES string of the molecule is CCN(C(=O)[C@@H]1CCN(CC(=O)N2CC=C(c3ccc(-c4ncn(C)n4)cc3)CC2)C1)c1ccc2[nH]nc(-c3cnn(C)n3)c2n1. The summed E-state index contributed by atoms with van der Waals surface area (Å²) in [6.07, 6.45) is 6.98. The van der Waals surface area contributed by atoms with Crippen molar-refractivity contribution in [3.05, 3.63) is 60.6 Å². The summed E-state index contributed by atoms with van der Waals surface area (Å²) in [5, 5.41) is 20.2. The van der Waals surface area contributed by atoms with Crippen molar-refractivity contribution in [2.75, 3.05) is 44.2 Å². The predicted octanol–water partition coefficient (Wildman–Crippen LogP) is 2.54. The van der Waals surface area contributed by atoms with Crippen LogP contribution in [-0.4, -0.2) is 106 Å². The number of benzene rings is 1. The summed E-state index contributed by atoms with van der Waals surface area (Å²) in [5.74, 6) is 1.18. The van der Waals surface area contributed by atoms with Crippen molar-refractivity contribution in [2.24, 2.45) is 20.0 Å². The summed E-state index contributed by atoms with van der Waals surface area (Å²) in [7, 11) is 3.60.